The number of pyridine rings is 1. The summed E-state index contributed by atoms with van der Waals surface area (Å²) in [6, 6.07) is 11.9. The van der Waals surface area contributed by atoms with Gasteiger partial charge in [0.2, 0.25) is 5.91 Å². The van der Waals surface area contributed by atoms with Gasteiger partial charge in [-0.1, -0.05) is 32.9 Å². The van der Waals surface area contributed by atoms with Crippen LogP contribution in [0, 0.1) is 5.41 Å². The van der Waals surface area contributed by atoms with Crippen LogP contribution in [0.25, 0.3) is 5.65 Å². The van der Waals surface area contributed by atoms with E-state index in [-0.39, 0.29) is 17.2 Å². The van der Waals surface area contributed by atoms with Gasteiger partial charge in [0.15, 0.2) is 0 Å². The van der Waals surface area contributed by atoms with Crippen molar-refractivity contribution in [1.82, 2.24) is 19.6 Å². The summed E-state index contributed by atoms with van der Waals surface area (Å²) >= 11 is 0. The Labute approximate surface area is 189 Å². The average molecular weight is 433 g/mol. The highest BCUT2D eigenvalue weighted by Crippen LogP contribution is 2.31. The first-order valence-corrected chi connectivity index (χ1v) is 11.5. The molecule has 0 radical (unpaired) electrons. The highest BCUT2D eigenvalue weighted by Gasteiger charge is 2.32. The van der Waals surface area contributed by atoms with Crippen LogP contribution in [0.2, 0.25) is 0 Å². The minimum absolute atomic E-state index is 0.0815. The summed E-state index contributed by atoms with van der Waals surface area (Å²) in [6.07, 6.45) is 8.38. The van der Waals surface area contributed by atoms with Gasteiger partial charge in [0.25, 0.3) is 5.91 Å². The van der Waals surface area contributed by atoms with E-state index >= 15 is 0 Å². The van der Waals surface area contributed by atoms with Crippen LogP contribution >= 0.6 is 0 Å². The third-order valence-electron chi connectivity index (χ3n) is 6.80. The lowest BCUT2D eigenvalue weighted by Crippen LogP contribution is -2.44. The summed E-state index contributed by atoms with van der Waals surface area (Å²) in [6.45, 7) is 8.19. The smallest absolute Gasteiger partial charge is 0.251 e. The van der Waals surface area contributed by atoms with Gasteiger partial charge in [0.1, 0.15) is 5.65 Å². The molecule has 168 valence electrons. The third-order valence-corrected chi connectivity index (χ3v) is 6.80. The topological polar surface area (TPSA) is 66.7 Å². The fraction of sp³-hybridized carbons (Fsp3) is 0.423. The van der Waals surface area contributed by atoms with Crippen molar-refractivity contribution in [2.45, 2.75) is 52.5 Å². The number of amides is 2. The molecule has 1 aliphatic heterocycles. The van der Waals surface area contributed by atoms with E-state index in [0.29, 0.717) is 18.0 Å². The van der Waals surface area contributed by atoms with E-state index in [1.807, 2.05) is 59.8 Å². The molecule has 0 bridgehead atoms. The minimum atomic E-state index is -0.286. The largest absolute Gasteiger partial charge is 0.348 e. The predicted octanol–water partition coefficient (Wildman–Crippen LogP) is 4.41. The van der Waals surface area contributed by atoms with E-state index in [2.05, 4.69) is 29.4 Å². The number of likely N-dealkylation sites (tertiary alicyclic amines) is 1. The maximum Gasteiger partial charge on any atom is 0.251 e. The van der Waals surface area contributed by atoms with Gasteiger partial charge in [0, 0.05) is 49.2 Å². The zero-order chi connectivity index (χ0) is 22.7. The Bertz CT molecular complexity index is 1090. The molecule has 6 nitrogen and oxygen atoms in total. The van der Waals surface area contributed by atoms with Crippen LogP contribution in [0.5, 0.6) is 0 Å². The summed E-state index contributed by atoms with van der Waals surface area (Å²) in [5.74, 6) is 0.613. The minimum Gasteiger partial charge on any atom is -0.348 e. The van der Waals surface area contributed by atoms with Crippen LogP contribution in [-0.2, 0) is 11.3 Å². The fourth-order valence-electron chi connectivity index (χ4n) is 4.25. The van der Waals surface area contributed by atoms with Crippen LogP contribution in [-0.4, -0.2) is 39.2 Å². The number of piperidine rings is 1. The number of carbonyl (C=O) groups excluding carboxylic acids is 2. The maximum atomic E-state index is 12.7. The maximum absolute atomic E-state index is 12.7. The predicted molar refractivity (Wildman–Crippen MR) is 125 cm³/mol. The molecule has 4 rings (SSSR count). The Morgan fingerprint density at radius 3 is 2.50 bits per heavy atom. The molecule has 1 N–H and O–H groups in total. The second-order valence-electron chi connectivity index (χ2n) is 9.34. The van der Waals surface area contributed by atoms with Crippen LogP contribution in [0.1, 0.15) is 67.4 Å². The first-order valence-electron chi connectivity index (χ1n) is 11.5. The molecule has 0 spiro atoms. The van der Waals surface area contributed by atoms with Crippen molar-refractivity contribution in [3.8, 4) is 0 Å². The number of aromatic nitrogens is 2. The third kappa shape index (κ3) is 4.69. The Balaban J connectivity index is 1.31. The molecular formula is C26H32N4O2. The molecule has 1 aromatic carbocycles. The number of nitrogens with zero attached hydrogens (tertiary/aromatic N) is 3. The average Bonchev–Trinajstić information content (AvgIpc) is 3.30. The van der Waals surface area contributed by atoms with Gasteiger partial charge in [-0.2, -0.15) is 0 Å². The van der Waals surface area contributed by atoms with Crippen LogP contribution < -0.4 is 5.32 Å². The van der Waals surface area contributed by atoms with Gasteiger partial charge in [-0.25, -0.2) is 4.98 Å². The van der Waals surface area contributed by atoms with Crippen molar-refractivity contribution >= 4 is 17.5 Å². The number of benzene rings is 1. The number of hydrogen-bond donors (Lipinski definition) is 1. The van der Waals surface area contributed by atoms with E-state index in [1.165, 1.54) is 5.56 Å². The molecule has 1 fully saturated rings. The fourth-order valence-corrected chi connectivity index (χ4v) is 4.25. The summed E-state index contributed by atoms with van der Waals surface area (Å²) in [5.41, 5.74) is 3.50. The number of carbonyl (C=O) groups is 2. The summed E-state index contributed by atoms with van der Waals surface area (Å²) < 4.78 is 1.94. The zero-order valence-electron chi connectivity index (χ0n) is 19.2. The molecule has 0 atom stereocenters. The van der Waals surface area contributed by atoms with Gasteiger partial charge in [0.05, 0.1) is 0 Å². The standard InChI is InChI=1S/C26H32N4O2/c1-4-26(2,3)25(32)30-14-10-21(11-15-30)20-5-7-22(8-6-20)24(31)28-18-19-9-13-29-16-12-27-23(29)17-19/h5-9,12-13,16-17,21H,4,10-11,14-15,18H2,1-3H3,(H,28,31). The van der Waals surface area contributed by atoms with Crippen molar-refractivity contribution in [3.05, 3.63) is 71.7 Å². The number of hydrogen-bond acceptors (Lipinski definition) is 3. The monoisotopic (exact) mass is 432 g/mol. The van der Waals surface area contributed by atoms with Gasteiger partial charge in [-0.3, -0.25) is 9.59 Å². The first-order chi connectivity index (χ1) is 15.4. The molecule has 32 heavy (non-hydrogen) atoms. The van der Waals surface area contributed by atoms with Gasteiger partial charge in [-0.15, -0.1) is 0 Å². The molecule has 2 aromatic heterocycles. The number of nitrogens with one attached hydrogen (secondary N) is 1. The summed E-state index contributed by atoms with van der Waals surface area (Å²) in [5, 5.41) is 2.99. The molecule has 0 aliphatic carbocycles. The van der Waals surface area contributed by atoms with Gasteiger partial charge in [-0.05, 0) is 60.6 Å². The van der Waals surface area contributed by atoms with Crippen LogP contribution in [0.4, 0.5) is 0 Å². The number of imidazole rings is 1. The quantitative estimate of drug-likeness (QED) is 0.628. The Morgan fingerprint density at radius 2 is 1.81 bits per heavy atom. The zero-order valence-corrected chi connectivity index (χ0v) is 19.2. The molecule has 2 amide bonds. The van der Waals surface area contributed by atoms with Crippen LogP contribution in [0.15, 0.2) is 55.0 Å². The van der Waals surface area contributed by atoms with E-state index in [1.54, 1.807) is 6.20 Å². The van der Waals surface area contributed by atoms with E-state index in [9.17, 15) is 9.59 Å². The highest BCUT2D eigenvalue weighted by atomic mass is 16.2. The van der Waals surface area contributed by atoms with Crippen LogP contribution in [0.3, 0.4) is 0 Å². The molecule has 1 saturated heterocycles. The summed E-state index contributed by atoms with van der Waals surface area (Å²) in [4.78, 5) is 31.6. The Kier molecular flexibility index (Phi) is 6.31. The van der Waals surface area contributed by atoms with Crippen molar-refractivity contribution in [1.29, 1.82) is 0 Å². The van der Waals surface area contributed by atoms with Crippen molar-refractivity contribution < 1.29 is 9.59 Å². The lowest BCUT2D eigenvalue weighted by molar-refractivity contribution is -0.141. The van der Waals surface area contributed by atoms with Gasteiger partial charge >= 0.3 is 0 Å². The molecular weight excluding hydrogens is 400 g/mol. The molecule has 3 heterocycles. The molecule has 0 unspecified atom stereocenters. The Morgan fingerprint density at radius 1 is 1.09 bits per heavy atom. The molecule has 3 aromatic rings. The highest BCUT2D eigenvalue weighted by molar-refractivity contribution is 5.94. The van der Waals surface area contributed by atoms with E-state index in [4.69, 9.17) is 0 Å². The second kappa shape index (κ2) is 9.15. The second-order valence-corrected chi connectivity index (χ2v) is 9.34. The molecule has 0 saturated carbocycles. The SMILES string of the molecule is CCC(C)(C)C(=O)N1CCC(c2ccc(C(=O)NCc3ccn4ccnc4c3)cc2)CC1. The molecule has 1 aliphatic rings. The van der Waals surface area contributed by atoms with Gasteiger partial charge < -0.3 is 14.6 Å². The first kappa shape index (κ1) is 22.1. The molecule has 6 heteroatoms. The van der Waals surface area contributed by atoms with Crippen molar-refractivity contribution in [2.24, 2.45) is 5.41 Å². The summed E-state index contributed by atoms with van der Waals surface area (Å²) in [7, 11) is 0. The number of fused-ring (bicyclic) bond motifs is 1. The lowest BCUT2D eigenvalue weighted by atomic mass is 9.85. The Hall–Kier alpha value is -3.15. The van der Waals surface area contributed by atoms with E-state index < -0.39 is 0 Å². The van der Waals surface area contributed by atoms with E-state index in [0.717, 1.165) is 43.6 Å². The van der Waals surface area contributed by atoms with Crippen molar-refractivity contribution in [2.75, 3.05) is 13.1 Å². The lowest BCUT2D eigenvalue weighted by Gasteiger charge is -2.37. The normalized spacial score (nSPS) is 15.2. The van der Waals surface area contributed by atoms with Crippen molar-refractivity contribution in [3.63, 3.8) is 0 Å². The number of rotatable bonds is 6.